The maximum absolute atomic E-state index is 4.68. The van der Waals surface area contributed by atoms with Gasteiger partial charge in [0.25, 0.3) is 0 Å². The topological polar surface area (TPSA) is 51.0 Å². The van der Waals surface area contributed by atoms with Gasteiger partial charge < -0.3 is 9.84 Å². The maximum atomic E-state index is 4.68. The predicted octanol–water partition coefficient (Wildman–Crippen LogP) is 2.02. The fourth-order valence-corrected chi connectivity index (χ4v) is 1.72. The van der Waals surface area contributed by atoms with Crippen LogP contribution in [0.5, 0.6) is 0 Å². The Hall–Kier alpha value is -1.68. The van der Waals surface area contributed by atoms with E-state index < -0.39 is 0 Å². The second-order valence-electron chi connectivity index (χ2n) is 4.20. The summed E-state index contributed by atoms with van der Waals surface area (Å²) in [6.07, 6.45) is 2.15. The van der Waals surface area contributed by atoms with Crippen molar-refractivity contribution in [1.82, 2.24) is 15.5 Å². The molecular weight excluding hydrogens is 214 g/mol. The van der Waals surface area contributed by atoms with Gasteiger partial charge in [0.15, 0.2) is 5.82 Å². The van der Waals surface area contributed by atoms with Crippen LogP contribution in [0.2, 0.25) is 0 Å². The smallest absolute Gasteiger partial charge is 0.213 e. The molecule has 0 unspecified atom stereocenters. The average Bonchev–Trinajstić information content (AvgIpc) is 2.82. The normalized spacial score (nSPS) is 10.7. The minimum atomic E-state index is 0.749. The van der Waals surface area contributed by atoms with Gasteiger partial charge in [-0.1, -0.05) is 28.9 Å². The first-order chi connectivity index (χ1) is 8.25. The summed E-state index contributed by atoms with van der Waals surface area (Å²) in [4.78, 5) is 3.97. The van der Waals surface area contributed by atoms with Crippen LogP contribution in [0.25, 0.3) is 0 Å². The average molecular weight is 231 g/mol. The van der Waals surface area contributed by atoms with E-state index in [0.717, 1.165) is 25.3 Å². The molecule has 0 amide bonds. The van der Waals surface area contributed by atoms with Crippen molar-refractivity contribution in [2.45, 2.75) is 26.8 Å². The van der Waals surface area contributed by atoms with Crippen LogP contribution in [0.4, 0.5) is 0 Å². The Labute approximate surface area is 101 Å². The molecule has 4 nitrogen and oxygen atoms in total. The summed E-state index contributed by atoms with van der Waals surface area (Å²) in [5.74, 6) is 0.749. The van der Waals surface area contributed by atoms with Crippen LogP contribution < -0.4 is 5.32 Å². The lowest BCUT2D eigenvalue weighted by atomic mass is 10.1. The zero-order valence-corrected chi connectivity index (χ0v) is 10.2. The van der Waals surface area contributed by atoms with Crippen LogP contribution in [0, 0.1) is 13.8 Å². The van der Waals surface area contributed by atoms with Crippen molar-refractivity contribution in [3.05, 3.63) is 47.1 Å². The number of hydrogen-bond donors (Lipinski definition) is 1. The zero-order chi connectivity index (χ0) is 12.1. The van der Waals surface area contributed by atoms with E-state index in [2.05, 4.69) is 52.0 Å². The summed E-state index contributed by atoms with van der Waals surface area (Å²) in [7, 11) is 0. The Morgan fingerprint density at radius 2 is 2.18 bits per heavy atom. The highest BCUT2D eigenvalue weighted by molar-refractivity contribution is 5.30. The SMILES string of the molecule is Cc1ccc(C)c(CNCCc2ncon2)c1. The molecule has 4 heteroatoms. The molecule has 2 rings (SSSR count). The van der Waals surface area contributed by atoms with E-state index in [1.54, 1.807) is 0 Å². The predicted molar refractivity (Wildman–Crippen MR) is 65.6 cm³/mol. The first-order valence-electron chi connectivity index (χ1n) is 5.78. The molecule has 2 aromatic rings. The Bertz CT molecular complexity index is 466. The quantitative estimate of drug-likeness (QED) is 0.800. The van der Waals surface area contributed by atoms with Crippen LogP contribution in [-0.4, -0.2) is 16.7 Å². The summed E-state index contributed by atoms with van der Waals surface area (Å²) in [5.41, 5.74) is 3.96. The van der Waals surface area contributed by atoms with Gasteiger partial charge in [0.05, 0.1) is 0 Å². The van der Waals surface area contributed by atoms with Gasteiger partial charge in [-0.3, -0.25) is 0 Å². The van der Waals surface area contributed by atoms with Gasteiger partial charge in [-0.2, -0.15) is 4.98 Å². The fraction of sp³-hybridized carbons (Fsp3) is 0.385. The standard InChI is InChI=1S/C13H17N3O/c1-10-3-4-11(2)12(7-10)8-14-6-5-13-15-9-17-16-13/h3-4,7,9,14H,5-6,8H2,1-2H3. The Morgan fingerprint density at radius 3 is 2.94 bits per heavy atom. The lowest BCUT2D eigenvalue weighted by Gasteiger charge is -2.08. The van der Waals surface area contributed by atoms with Crippen molar-refractivity contribution in [3.63, 3.8) is 0 Å². The first kappa shape index (κ1) is 11.8. The van der Waals surface area contributed by atoms with E-state index in [9.17, 15) is 0 Å². The van der Waals surface area contributed by atoms with Crippen LogP contribution in [-0.2, 0) is 13.0 Å². The molecular formula is C13H17N3O. The molecule has 0 fully saturated rings. The van der Waals surface area contributed by atoms with Crippen molar-refractivity contribution in [3.8, 4) is 0 Å². The van der Waals surface area contributed by atoms with Crippen molar-refractivity contribution in [2.24, 2.45) is 0 Å². The molecule has 1 aromatic heterocycles. The number of benzene rings is 1. The van der Waals surface area contributed by atoms with Gasteiger partial charge >= 0.3 is 0 Å². The highest BCUT2D eigenvalue weighted by Crippen LogP contribution is 2.09. The van der Waals surface area contributed by atoms with Crippen molar-refractivity contribution in [2.75, 3.05) is 6.54 Å². The van der Waals surface area contributed by atoms with E-state index >= 15 is 0 Å². The second-order valence-corrected chi connectivity index (χ2v) is 4.20. The largest absolute Gasteiger partial charge is 0.343 e. The van der Waals surface area contributed by atoms with E-state index in [1.165, 1.54) is 23.1 Å². The van der Waals surface area contributed by atoms with Gasteiger partial charge in [-0.05, 0) is 25.0 Å². The lowest BCUT2D eigenvalue weighted by Crippen LogP contribution is -2.17. The fourth-order valence-electron chi connectivity index (χ4n) is 1.72. The summed E-state index contributed by atoms with van der Waals surface area (Å²) in [5, 5.41) is 7.15. The molecule has 17 heavy (non-hydrogen) atoms. The highest BCUT2D eigenvalue weighted by Gasteiger charge is 2.00. The Balaban J connectivity index is 1.80. The number of aromatic nitrogens is 2. The highest BCUT2D eigenvalue weighted by atomic mass is 16.5. The molecule has 0 aliphatic carbocycles. The number of rotatable bonds is 5. The number of aryl methyl sites for hydroxylation is 2. The molecule has 0 radical (unpaired) electrons. The molecule has 0 atom stereocenters. The second kappa shape index (κ2) is 5.59. The molecule has 0 saturated carbocycles. The number of nitrogens with one attached hydrogen (secondary N) is 1. The van der Waals surface area contributed by atoms with E-state index in [4.69, 9.17) is 0 Å². The van der Waals surface area contributed by atoms with Crippen LogP contribution in [0.1, 0.15) is 22.5 Å². The van der Waals surface area contributed by atoms with Crippen molar-refractivity contribution >= 4 is 0 Å². The minimum Gasteiger partial charge on any atom is -0.343 e. The molecule has 1 N–H and O–H groups in total. The summed E-state index contributed by atoms with van der Waals surface area (Å²) in [6.45, 7) is 5.98. The zero-order valence-electron chi connectivity index (χ0n) is 10.2. The molecule has 0 bridgehead atoms. The van der Waals surface area contributed by atoms with Gasteiger partial charge in [-0.25, -0.2) is 0 Å². The Morgan fingerprint density at radius 1 is 1.29 bits per heavy atom. The molecule has 0 aliphatic rings. The molecule has 0 spiro atoms. The van der Waals surface area contributed by atoms with Crippen molar-refractivity contribution < 1.29 is 4.52 Å². The molecule has 1 heterocycles. The van der Waals surface area contributed by atoms with Crippen molar-refractivity contribution in [1.29, 1.82) is 0 Å². The first-order valence-corrected chi connectivity index (χ1v) is 5.78. The van der Waals surface area contributed by atoms with Crippen LogP contribution in [0.15, 0.2) is 29.1 Å². The van der Waals surface area contributed by atoms with E-state index in [1.807, 2.05) is 0 Å². The van der Waals surface area contributed by atoms with Crippen LogP contribution >= 0.6 is 0 Å². The summed E-state index contributed by atoms with van der Waals surface area (Å²) >= 11 is 0. The lowest BCUT2D eigenvalue weighted by molar-refractivity contribution is 0.409. The van der Waals surface area contributed by atoms with Gasteiger partial charge in [0, 0.05) is 19.5 Å². The third-order valence-electron chi connectivity index (χ3n) is 2.75. The molecule has 0 saturated heterocycles. The van der Waals surface area contributed by atoms with E-state index in [-0.39, 0.29) is 0 Å². The third kappa shape index (κ3) is 3.39. The molecule has 90 valence electrons. The maximum Gasteiger partial charge on any atom is 0.213 e. The third-order valence-corrected chi connectivity index (χ3v) is 2.75. The van der Waals surface area contributed by atoms with Gasteiger partial charge in [-0.15, -0.1) is 0 Å². The summed E-state index contributed by atoms with van der Waals surface area (Å²) in [6, 6.07) is 6.51. The Kier molecular flexibility index (Phi) is 3.88. The van der Waals surface area contributed by atoms with Crippen LogP contribution in [0.3, 0.4) is 0 Å². The van der Waals surface area contributed by atoms with Gasteiger partial charge in [0.2, 0.25) is 6.39 Å². The minimum absolute atomic E-state index is 0.749. The monoisotopic (exact) mass is 231 g/mol. The number of nitrogens with zero attached hydrogens (tertiary/aromatic N) is 2. The number of hydrogen-bond acceptors (Lipinski definition) is 4. The molecule has 1 aromatic carbocycles. The molecule has 0 aliphatic heterocycles. The van der Waals surface area contributed by atoms with Gasteiger partial charge in [0.1, 0.15) is 0 Å². The van der Waals surface area contributed by atoms with E-state index in [0.29, 0.717) is 0 Å². The summed E-state index contributed by atoms with van der Waals surface area (Å²) < 4.78 is 4.68.